The Balaban J connectivity index is 1.47. The molecule has 4 amide bonds. The second kappa shape index (κ2) is 11.9. The lowest BCUT2D eigenvalue weighted by Crippen LogP contribution is -2.53. The predicted molar refractivity (Wildman–Crippen MR) is 178 cm³/mol. The number of nitrogens with one attached hydrogen (secondary N) is 1. The van der Waals surface area contributed by atoms with Gasteiger partial charge in [-0.2, -0.15) is 5.01 Å². The van der Waals surface area contributed by atoms with E-state index >= 15 is 4.79 Å². The SMILES string of the molecule is CCN1C(=O)[C@H]2[C@H](CC=C3[C@H]2C[C@H]2C(=O)N(Nc4ccc(Cl)cc4Cl)C(=O)[C@@]2(c2ccc(OC)cc2)[C@H]3c2ccc(OC)c(O)c2)C1=O. The number of hydrazine groups is 1. The monoisotopic (exact) mass is 689 g/mol. The van der Waals surface area contributed by atoms with Crippen LogP contribution in [0.1, 0.15) is 36.8 Å². The Morgan fingerprint density at radius 3 is 2.31 bits per heavy atom. The molecule has 4 aliphatic rings. The second-order valence-corrected chi connectivity index (χ2v) is 13.4. The van der Waals surface area contributed by atoms with Crippen LogP contribution in [-0.4, -0.2) is 59.4 Å². The average molecular weight is 691 g/mol. The Morgan fingerprint density at radius 1 is 0.917 bits per heavy atom. The molecule has 1 saturated carbocycles. The first-order chi connectivity index (χ1) is 23.1. The first-order valence-corrected chi connectivity index (χ1v) is 16.5. The van der Waals surface area contributed by atoms with Crippen LogP contribution in [0.5, 0.6) is 17.2 Å². The van der Waals surface area contributed by atoms with Gasteiger partial charge < -0.3 is 14.6 Å². The van der Waals surface area contributed by atoms with Crippen molar-refractivity contribution in [2.45, 2.75) is 31.1 Å². The molecule has 0 spiro atoms. The highest BCUT2D eigenvalue weighted by Crippen LogP contribution is 2.64. The zero-order valence-electron chi connectivity index (χ0n) is 26.4. The number of likely N-dealkylation sites (tertiary alicyclic amines) is 1. The van der Waals surface area contributed by atoms with E-state index in [1.54, 1.807) is 68.6 Å². The summed E-state index contributed by atoms with van der Waals surface area (Å²) in [7, 11) is 2.98. The van der Waals surface area contributed by atoms with Gasteiger partial charge in [0, 0.05) is 17.5 Å². The summed E-state index contributed by atoms with van der Waals surface area (Å²) in [5.74, 6) is -4.39. The molecule has 2 aliphatic heterocycles. The maximum absolute atomic E-state index is 15.2. The van der Waals surface area contributed by atoms with E-state index < -0.39 is 46.8 Å². The van der Waals surface area contributed by atoms with E-state index in [1.807, 2.05) is 6.08 Å². The molecule has 48 heavy (non-hydrogen) atoms. The molecule has 10 nitrogen and oxygen atoms in total. The number of hydrogen-bond donors (Lipinski definition) is 2. The van der Waals surface area contributed by atoms with Gasteiger partial charge in [0.2, 0.25) is 11.8 Å². The smallest absolute Gasteiger partial charge is 0.260 e. The van der Waals surface area contributed by atoms with E-state index in [9.17, 15) is 19.5 Å². The number of fused-ring (bicyclic) bond motifs is 4. The van der Waals surface area contributed by atoms with Crippen molar-refractivity contribution in [1.82, 2.24) is 9.91 Å². The normalized spacial score (nSPS) is 27.8. The zero-order valence-corrected chi connectivity index (χ0v) is 27.9. The number of rotatable bonds is 7. The largest absolute Gasteiger partial charge is 0.504 e. The lowest BCUT2D eigenvalue weighted by Gasteiger charge is -2.50. The lowest BCUT2D eigenvalue weighted by molar-refractivity contribution is -0.141. The van der Waals surface area contributed by atoms with Crippen molar-refractivity contribution in [3.8, 4) is 17.2 Å². The second-order valence-electron chi connectivity index (χ2n) is 12.6. The highest BCUT2D eigenvalue weighted by molar-refractivity contribution is 6.36. The third-order valence-electron chi connectivity index (χ3n) is 10.5. The van der Waals surface area contributed by atoms with Crippen molar-refractivity contribution in [2.75, 3.05) is 26.2 Å². The molecular weight excluding hydrogens is 657 g/mol. The molecule has 2 aliphatic carbocycles. The minimum Gasteiger partial charge on any atom is -0.504 e. The summed E-state index contributed by atoms with van der Waals surface area (Å²) in [5, 5.41) is 12.6. The molecule has 7 rings (SSSR count). The Morgan fingerprint density at radius 2 is 1.67 bits per heavy atom. The topological polar surface area (TPSA) is 125 Å². The number of nitrogens with zero attached hydrogens (tertiary/aromatic N) is 2. The lowest BCUT2D eigenvalue weighted by atomic mass is 9.49. The molecule has 0 unspecified atom stereocenters. The van der Waals surface area contributed by atoms with Crippen molar-refractivity contribution < 1.29 is 33.8 Å². The van der Waals surface area contributed by atoms with Gasteiger partial charge in [0.05, 0.1) is 48.1 Å². The maximum atomic E-state index is 15.2. The van der Waals surface area contributed by atoms with Crippen molar-refractivity contribution in [3.63, 3.8) is 0 Å². The van der Waals surface area contributed by atoms with Gasteiger partial charge in [-0.3, -0.25) is 29.5 Å². The third-order valence-corrected chi connectivity index (χ3v) is 11.1. The highest BCUT2D eigenvalue weighted by Gasteiger charge is 2.70. The van der Waals surface area contributed by atoms with Gasteiger partial charge in [0.15, 0.2) is 11.5 Å². The number of aromatic hydroxyl groups is 1. The van der Waals surface area contributed by atoms with Crippen LogP contribution >= 0.6 is 23.2 Å². The standard InChI is InChI=1S/C36H33Cl2N3O7/c1-4-40-32(43)23-12-11-22-24(30(23)34(40)45)17-25-33(44)41(39-27-13-8-20(37)16-26(27)38)35(46)36(25,19-6-9-21(47-2)10-7-19)31(22)18-5-14-29(48-3)28(42)15-18/h5-11,13-16,23-25,30-31,39,42H,4,12,17H2,1-3H3/t23-,24+,25-,30-,31-,36+/m0/s1. The van der Waals surface area contributed by atoms with Crippen molar-refractivity contribution in [3.05, 3.63) is 93.5 Å². The zero-order chi connectivity index (χ0) is 34.1. The van der Waals surface area contributed by atoms with Crippen LogP contribution in [0.3, 0.4) is 0 Å². The molecule has 3 aromatic carbocycles. The number of carbonyl (C=O) groups excluding carboxylic acids is 4. The van der Waals surface area contributed by atoms with E-state index in [2.05, 4.69) is 5.43 Å². The van der Waals surface area contributed by atoms with E-state index in [1.165, 1.54) is 18.1 Å². The first kappa shape index (κ1) is 32.0. The number of carbonyl (C=O) groups is 4. The molecule has 0 aromatic heterocycles. The minimum absolute atomic E-state index is 0.142. The third kappa shape index (κ3) is 4.53. The average Bonchev–Trinajstić information content (AvgIpc) is 3.46. The van der Waals surface area contributed by atoms with Crippen molar-refractivity contribution in [1.29, 1.82) is 0 Å². The fourth-order valence-corrected chi connectivity index (χ4v) is 8.93. The molecule has 3 aromatic rings. The first-order valence-electron chi connectivity index (χ1n) is 15.7. The number of phenolic OH excluding ortho intramolecular Hbond substituents is 1. The maximum Gasteiger partial charge on any atom is 0.260 e. The minimum atomic E-state index is -1.53. The van der Waals surface area contributed by atoms with Crippen molar-refractivity contribution >= 4 is 52.5 Å². The van der Waals surface area contributed by atoms with Crippen LogP contribution in [0.25, 0.3) is 0 Å². The summed E-state index contributed by atoms with van der Waals surface area (Å²) in [6.45, 7) is 2.02. The molecule has 2 heterocycles. The van der Waals surface area contributed by atoms with Crippen LogP contribution in [0.2, 0.25) is 10.0 Å². The molecule has 2 N–H and O–H groups in total. The molecule has 0 bridgehead atoms. The quantitative estimate of drug-likeness (QED) is 0.238. The summed E-state index contributed by atoms with van der Waals surface area (Å²) < 4.78 is 10.8. The van der Waals surface area contributed by atoms with Crippen molar-refractivity contribution in [2.24, 2.45) is 23.7 Å². The summed E-state index contributed by atoms with van der Waals surface area (Å²) >= 11 is 12.6. The molecule has 0 radical (unpaired) electrons. The van der Waals surface area contributed by atoms with Crippen LogP contribution in [-0.2, 0) is 24.6 Å². The number of halogens is 2. The van der Waals surface area contributed by atoms with Crippen LogP contribution < -0.4 is 14.9 Å². The predicted octanol–water partition coefficient (Wildman–Crippen LogP) is 5.72. The Labute approximate surface area is 287 Å². The molecule has 2 saturated heterocycles. The number of benzene rings is 3. The van der Waals surface area contributed by atoms with Gasteiger partial charge in [0.1, 0.15) is 5.75 Å². The Bertz CT molecular complexity index is 1900. The van der Waals surface area contributed by atoms with E-state index in [0.717, 1.165) is 10.6 Å². The van der Waals surface area contributed by atoms with Gasteiger partial charge in [-0.05, 0) is 79.3 Å². The van der Waals surface area contributed by atoms with E-state index in [-0.39, 0.29) is 41.3 Å². The van der Waals surface area contributed by atoms with Crippen LogP contribution in [0, 0.1) is 23.7 Å². The number of phenols is 1. The number of hydrogen-bond acceptors (Lipinski definition) is 8. The van der Waals surface area contributed by atoms with Gasteiger partial charge >= 0.3 is 0 Å². The molecule has 248 valence electrons. The van der Waals surface area contributed by atoms with Gasteiger partial charge in [0.25, 0.3) is 11.8 Å². The van der Waals surface area contributed by atoms with Gasteiger partial charge in [-0.25, -0.2) is 0 Å². The Hall–Kier alpha value is -4.54. The number of allylic oxidation sites excluding steroid dienone is 2. The molecule has 12 heteroatoms. The van der Waals surface area contributed by atoms with Gasteiger partial charge in [-0.15, -0.1) is 0 Å². The summed E-state index contributed by atoms with van der Waals surface area (Å²) in [6.07, 6.45) is 2.42. The number of amides is 4. The molecule has 6 atom stereocenters. The van der Waals surface area contributed by atoms with Crippen LogP contribution in [0.15, 0.2) is 72.3 Å². The number of anilines is 1. The summed E-state index contributed by atoms with van der Waals surface area (Å²) in [5.41, 5.74) is 3.64. The number of ether oxygens (including phenoxy) is 2. The van der Waals surface area contributed by atoms with Gasteiger partial charge in [-0.1, -0.05) is 53.1 Å². The van der Waals surface area contributed by atoms with E-state index in [4.69, 9.17) is 32.7 Å². The molecular formula is C36H33Cl2N3O7. The highest BCUT2D eigenvalue weighted by atomic mass is 35.5. The fraction of sp³-hybridized carbons (Fsp3) is 0.333. The number of methoxy groups -OCH3 is 2. The summed E-state index contributed by atoms with van der Waals surface area (Å²) in [6, 6.07) is 16.7. The molecule has 3 fully saturated rings. The van der Waals surface area contributed by atoms with E-state index in [0.29, 0.717) is 34.0 Å². The van der Waals surface area contributed by atoms with Crippen LogP contribution in [0.4, 0.5) is 5.69 Å². The fourth-order valence-electron chi connectivity index (χ4n) is 8.48. The number of imide groups is 2. The Kier molecular flexibility index (Phi) is 7.91. The summed E-state index contributed by atoms with van der Waals surface area (Å²) in [4.78, 5) is 58.5.